The molecular formula is HF5. The number of rotatable bonds is 0. The van der Waals surface area contributed by atoms with Gasteiger partial charge >= 0.3 is 0 Å². The third kappa shape index (κ3) is 81.1. The van der Waals surface area contributed by atoms with Crippen molar-refractivity contribution >= 4 is 0 Å². The van der Waals surface area contributed by atoms with Gasteiger partial charge in [0.15, 0.2) is 0 Å². The van der Waals surface area contributed by atoms with E-state index in [9.17, 15) is 0 Å². The molecule has 5 heteroatoms. The standard InChI is InChI=1S/2F2.FH/c2*1-2;/h;;1H. The van der Waals surface area contributed by atoms with Crippen molar-refractivity contribution in [1.29, 1.82) is 0 Å². The Bertz CT molecular complexity index is 0. The van der Waals surface area contributed by atoms with Gasteiger partial charge in [-0.15, -0.1) is 0 Å². The monoisotopic (exact) mass is 96.0 g/mol. The fraction of sp³-hybridized carbons (Fsp3) is 0. The maximum atomic E-state index is 8.00. The van der Waals surface area contributed by atoms with E-state index >= 15 is 0 Å². The Labute approximate surface area is 24.5 Å². The van der Waals surface area contributed by atoms with Crippen LogP contribution in [0.2, 0.25) is 0 Å². The molecule has 0 unspecified atom stereocenters. The molecule has 0 N–H and O–H groups in total. The highest BCUT2D eigenvalue weighted by Crippen LogP contribution is 1.42. The van der Waals surface area contributed by atoms with Crippen LogP contribution in [-0.4, -0.2) is 0 Å². The molecule has 0 aliphatic rings. The number of hydrogen-bond acceptors (Lipinski definition) is 0. The molecule has 0 aromatic carbocycles. The molecule has 0 spiro atoms. The summed E-state index contributed by atoms with van der Waals surface area (Å²) in [5, 5.41) is 0. The van der Waals surface area contributed by atoms with E-state index in [1.165, 1.54) is 0 Å². The zero-order valence-corrected chi connectivity index (χ0v) is 1.92. The zero-order chi connectivity index (χ0) is 4.00. The Kier molecular flexibility index (Phi) is 952. The second-order valence-electron chi connectivity index (χ2n) is 0. The molecule has 0 nitrogen and oxygen atoms in total. The van der Waals surface area contributed by atoms with Crippen LogP contribution in [0.25, 0.3) is 0 Å². The van der Waals surface area contributed by atoms with Crippen LogP contribution >= 0.6 is 0 Å². The second kappa shape index (κ2) is 209. The molecule has 0 atom stereocenters. The van der Waals surface area contributed by atoms with E-state index in [0.29, 0.717) is 0 Å². The molecule has 0 amide bonds. The van der Waals surface area contributed by atoms with Crippen LogP contribution in [0, 0.1) is 0 Å². The Morgan fingerprint density at radius 2 is 0.600 bits per heavy atom. The smallest absolute Gasteiger partial charge is 0 e. The van der Waals surface area contributed by atoms with E-state index in [1.807, 2.05) is 0 Å². The molecule has 0 aliphatic heterocycles. The van der Waals surface area contributed by atoms with E-state index in [-0.39, 0.29) is 4.70 Å². The molecule has 0 aliphatic carbocycles. The molecule has 0 aromatic heterocycles. The van der Waals surface area contributed by atoms with E-state index in [0.717, 1.165) is 0 Å². The van der Waals surface area contributed by atoms with Gasteiger partial charge < -0.3 is 0 Å². The van der Waals surface area contributed by atoms with Crippen molar-refractivity contribution in [3.63, 3.8) is 0 Å². The van der Waals surface area contributed by atoms with Crippen molar-refractivity contribution in [2.45, 2.75) is 0 Å². The van der Waals surface area contributed by atoms with Crippen molar-refractivity contribution in [3.05, 3.63) is 0 Å². The predicted octanol–water partition coefficient (Wildman–Crippen LogP) is 1.83. The van der Waals surface area contributed by atoms with Gasteiger partial charge in [0, 0.05) is 18.3 Å². The van der Waals surface area contributed by atoms with Crippen molar-refractivity contribution in [2.75, 3.05) is 0 Å². The SMILES string of the molecule is F.FF.FF. The maximum Gasteiger partial charge on any atom is 0 e. The normalized spacial score (nSPS) is 2.40. The summed E-state index contributed by atoms with van der Waals surface area (Å²) in [7, 11) is 0. The first-order valence-corrected chi connectivity index (χ1v) is 0.286. The Balaban J connectivity index is -0.0000000133. The van der Waals surface area contributed by atoms with E-state index in [1.54, 1.807) is 0 Å². The van der Waals surface area contributed by atoms with Gasteiger partial charge in [0.05, 0.1) is 0 Å². The lowest BCUT2D eigenvalue weighted by Gasteiger charge is -1.00. The minimum absolute atomic E-state index is 0. The minimum atomic E-state index is 0. The van der Waals surface area contributed by atoms with E-state index in [4.69, 9.17) is 18.3 Å². The van der Waals surface area contributed by atoms with Crippen molar-refractivity contribution in [2.24, 2.45) is 0 Å². The fourth-order valence-electron chi connectivity index (χ4n) is 0. The minimum Gasteiger partial charge on any atom is -0.269 e. The van der Waals surface area contributed by atoms with E-state index in [2.05, 4.69) is 0 Å². The molecule has 0 heterocycles. The molecular weight excluding hydrogens is 95.0 g/mol. The highest BCUT2D eigenvalue weighted by atomic mass is 20.0. The van der Waals surface area contributed by atoms with Gasteiger partial charge in [-0.25, -0.2) is 0 Å². The largest absolute Gasteiger partial charge is 0.269 e. The van der Waals surface area contributed by atoms with Gasteiger partial charge in [0.1, 0.15) is 0 Å². The molecule has 0 rings (SSSR count). The first-order chi connectivity index (χ1) is 2.00. The first kappa shape index (κ1) is 22.8. The predicted molar refractivity (Wildman–Crippen MR) is 6.94 cm³/mol. The van der Waals surface area contributed by atoms with Gasteiger partial charge in [-0.1, -0.05) is 0 Å². The molecule has 36 valence electrons. The summed E-state index contributed by atoms with van der Waals surface area (Å²) in [5.74, 6) is 0. The van der Waals surface area contributed by atoms with Crippen LogP contribution in [0.3, 0.4) is 0 Å². The Hall–Kier alpha value is -0.350. The second-order valence-corrected chi connectivity index (χ2v) is 0. The van der Waals surface area contributed by atoms with Gasteiger partial charge in [0.25, 0.3) is 0 Å². The highest BCUT2D eigenvalue weighted by Gasteiger charge is 1.00. The van der Waals surface area contributed by atoms with Crippen LogP contribution in [-0.2, 0) is 0 Å². The summed E-state index contributed by atoms with van der Waals surface area (Å²) in [6, 6.07) is 0. The average Bonchev–Trinajstić information content (AvgIpc) is 1.50. The summed E-state index contributed by atoms with van der Waals surface area (Å²) < 4.78 is 32.0. The molecule has 0 fully saturated rings. The lowest BCUT2D eigenvalue weighted by Crippen LogP contribution is -0.580. The van der Waals surface area contributed by atoms with Crippen LogP contribution in [0.15, 0.2) is 0 Å². The number of hydrogen-bond donors (Lipinski definition) is 0. The topological polar surface area (TPSA) is 0 Å². The lowest BCUT2D eigenvalue weighted by molar-refractivity contribution is 0.108. The quantitative estimate of drug-likeness (QED) is 0.403. The zero-order valence-electron chi connectivity index (χ0n) is 1.92. The van der Waals surface area contributed by atoms with E-state index < -0.39 is 0 Å². The molecule has 0 radical (unpaired) electrons. The fourth-order valence-corrected chi connectivity index (χ4v) is 0. The van der Waals surface area contributed by atoms with Crippen LogP contribution < -0.4 is 0 Å². The summed E-state index contributed by atoms with van der Waals surface area (Å²) in [6.45, 7) is 0. The Morgan fingerprint density at radius 3 is 0.600 bits per heavy atom. The maximum absolute atomic E-state index is 8.00. The molecule has 0 bridgehead atoms. The van der Waals surface area contributed by atoms with Gasteiger partial charge in [0.2, 0.25) is 0 Å². The van der Waals surface area contributed by atoms with Crippen molar-refractivity contribution < 1.29 is 23.0 Å². The molecule has 5 heavy (non-hydrogen) atoms. The van der Waals surface area contributed by atoms with Gasteiger partial charge in [-0.05, 0) is 0 Å². The summed E-state index contributed by atoms with van der Waals surface area (Å²) in [6.07, 6.45) is 0. The van der Waals surface area contributed by atoms with Gasteiger partial charge in [-0.3, -0.25) is 4.70 Å². The van der Waals surface area contributed by atoms with Crippen molar-refractivity contribution in [3.8, 4) is 0 Å². The molecule has 0 saturated heterocycles. The van der Waals surface area contributed by atoms with Crippen LogP contribution in [0.1, 0.15) is 0 Å². The Morgan fingerprint density at radius 1 is 0.600 bits per heavy atom. The summed E-state index contributed by atoms with van der Waals surface area (Å²) in [4.78, 5) is 0. The highest BCUT2D eigenvalue weighted by molar-refractivity contribution is 2.11. The van der Waals surface area contributed by atoms with Gasteiger partial charge in [-0.2, -0.15) is 0 Å². The van der Waals surface area contributed by atoms with Crippen LogP contribution in [0.4, 0.5) is 23.0 Å². The first-order valence-electron chi connectivity index (χ1n) is 0.286. The average molecular weight is 96.0 g/mol. The molecule has 0 aromatic rings. The summed E-state index contributed by atoms with van der Waals surface area (Å²) in [5.41, 5.74) is 0. The lowest BCUT2D eigenvalue weighted by atomic mass is 18.0. The van der Waals surface area contributed by atoms with Crippen molar-refractivity contribution in [1.82, 2.24) is 0 Å². The third-order valence-electron chi connectivity index (χ3n) is 0. The third-order valence-corrected chi connectivity index (χ3v) is 0. The summed E-state index contributed by atoms with van der Waals surface area (Å²) >= 11 is 0. The van der Waals surface area contributed by atoms with Crippen LogP contribution in [0.5, 0.6) is 0 Å². The molecule has 0 saturated carbocycles. The number of halogens is 5.